The van der Waals surface area contributed by atoms with Crippen molar-refractivity contribution in [3.8, 4) is 0 Å². The SMILES string of the molecule is ONc1ccc2c(ccc3c4ccccc4ccc23)c1. The van der Waals surface area contributed by atoms with Crippen LogP contribution in [-0.4, -0.2) is 5.21 Å². The Morgan fingerprint density at radius 1 is 0.600 bits per heavy atom. The topological polar surface area (TPSA) is 32.3 Å². The third-order valence-electron chi connectivity index (χ3n) is 3.87. The first-order valence-electron chi connectivity index (χ1n) is 6.61. The number of rotatable bonds is 1. The lowest BCUT2D eigenvalue weighted by atomic mass is 9.97. The minimum atomic E-state index is 0.706. The summed E-state index contributed by atoms with van der Waals surface area (Å²) in [6.45, 7) is 0. The highest BCUT2D eigenvalue weighted by molar-refractivity contribution is 6.17. The van der Waals surface area contributed by atoms with Gasteiger partial charge in [0.2, 0.25) is 0 Å². The molecule has 4 rings (SSSR count). The Kier molecular flexibility index (Phi) is 2.38. The molecular weight excluding hydrogens is 246 g/mol. The van der Waals surface area contributed by atoms with E-state index in [2.05, 4.69) is 54.0 Å². The van der Waals surface area contributed by atoms with Gasteiger partial charge >= 0.3 is 0 Å². The normalized spacial score (nSPS) is 11.2. The van der Waals surface area contributed by atoms with Crippen LogP contribution in [0.3, 0.4) is 0 Å². The van der Waals surface area contributed by atoms with Crippen LogP contribution in [0.15, 0.2) is 66.7 Å². The molecular formula is C18H13NO. The summed E-state index contributed by atoms with van der Waals surface area (Å²) in [6.07, 6.45) is 0. The fraction of sp³-hybridized carbons (Fsp3) is 0. The molecule has 0 spiro atoms. The van der Waals surface area contributed by atoms with Crippen molar-refractivity contribution in [2.75, 3.05) is 5.48 Å². The fourth-order valence-corrected chi connectivity index (χ4v) is 2.90. The van der Waals surface area contributed by atoms with Crippen molar-refractivity contribution < 1.29 is 5.21 Å². The van der Waals surface area contributed by atoms with E-state index in [0.717, 1.165) is 5.39 Å². The Morgan fingerprint density at radius 2 is 1.25 bits per heavy atom. The number of fused-ring (bicyclic) bond motifs is 5. The van der Waals surface area contributed by atoms with Crippen molar-refractivity contribution in [3.63, 3.8) is 0 Å². The highest BCUT2D eigenvalue weighted by Gasteiger charge is 2.04. The van der Waals surface area contributed by atoms with Gasteiger partial charge < -0.3 is 0 Å². The zero-order valence-corrected chi connectivity index (χ0v) is 10.8. The second-order valence-electron chi connectivity index (χ2n) is 5.00. The number of hydrogen-bond donors (Lipinski definition) is 2. The summed E-state index contributed by atoms with van der Waals surface area (Å²) in [7, 11) is 0. The second kappa shape index (κ2) is 4.22. The molecule has 0 radical (unpaired) electrons. The number of nitrogens with one attached hydrogen (secondary N) is 1. The summed E-state index contributed by atoms with van der Waals surface area (Å²) in [6, 6.07) is 22.9. The van der Waals surface area contributed by atoms with Gasteiger partial charge in [-0.25, -0.2) is 0 Å². The van der Waals surface area contributed by atoms with Crippen molar-refractivity contribution in [2.45, 2.75) is 0 Å². The van der Waals surface area contributed by atoms with E-state index in [-0.39, 0.29) is 0 Å². The molecule has 96 valence electrons. The average molecular weight is 259 g/mol. The Bertz CT molecular complexity index is 944. The summed E-state index contributed by atoms with van der Waals surface area (Å²) in [4.78, 5) is 0. The van der Waals surface area contributed by atoms with Gasteiger partial charge in [-0.3, -0.25) is 10.7 Å². The van der Waals surface area contributed by atoms with Crippen LogP contribution in [0.25, 0.3) is 32.3 Å². The molecule has 0 aliphatic rings. The van der Waals surface area contributed by atoms with Crippen LogP contribution in [0.5, 0.6) is 0 Å². The maximum Gasteiger partial charge on any atom is 0.0608 e. The summed E-state index contributed by atoms with van der Waals surface area (Å²) < 4.78 is 0. The molecule has 0 heterocycles. The number of hydrogen-bond acceptors (Lipinski definition) is 2. The van der Waals surface area contributed by atoms with Crippen LogP contribution in [0.4, 0.5) is 5.69 Å². The highest BCUT2D eigenvalue weighted by Crippen LogP contribution is 2.32. The van der Waals surface area contributed by atoms with E-state index >= 15 is 0 Å². The van der Waals surface area contributed by atoms with E-state index < -0.39 is 0 Å². The predicted octanol–water partition coefficient (Wildman–Crippen LogP) is 4.95. The maximum atomic E-state index is 9.00. The van der Waals surface area contributed by atoms with Crippen LogP contribution in [0.1, 0.15) is 0 Å². The largest absolute Gasteiger partial charge is 0.291 e. The lowest BCUT2D eigenvalue weighted by Gasteiger charge is -2.08. The highest BCUT2D eigenvalue weighted by atomic mass is 16.5. The fourth-order valence-electron chi connectivity index (χ4n) is 2.90. The van der Waals surface area contributed by atoms with E-state index in [1.165, 1.54) is 26.9 Å². The molecule has 0 bridgehead atoms. The van der Waals surface area contributed by atoms with E-state index in [0.29, 0.717) is 5.69 Å². The third-order valence-corrected chi connectivity index (χ3v) is 3.87. The summed E-state index contributed by atoms with van der Waals surface area (Å²) in [5, 5.41) is 16.4. The van der Waals surface area contributed by atoms with Gasteiger partial charge in [-0.05, 0) is 44.5 Å². The van der Waals surface area contributed by atoms with Gasteiger partial charge in [0, 0.05) is 0 Å². The van der Waals surface area contributed by atoms with Gasteiger partial charge in [-0.15, -0.1) is 0 Å². The Balaban J connectivity index is 2.17. The third kappa shape index (κ3) is 1.55. The molecule has 0 saturated carbocycles. The van der Waals surface area contributed by atoms with Crippen LogP contribution >= 0.6 is 0 Å². The minimum absolute atomic E-state index is 0.706. The molecule has 0 aliphatic heterocycles. The quantitative estimate of drug-likeness (QED) is 0.374. The first kappa shape index (κ1) is 11.3. The molecule has 2 heteroatoms. The minimum Gasteiger partial charge on any atom is -0.291 e. The molecule has 4 aromatic carbocycles. The molecule has 0 unspecified atom stereocenters. The van der Waals surface area contributed by atoms with Crippen molar-refractivity contribution in [2.24, 2.45) is 0 Å². The summed E-state index contributed by atoms with van der Waals surface area (Å²) in [5.41, 5.74) is 2.90. The van der Waals surface area contributed by atoms with E-state index in [4.69, 9.17) is 5.21 Å². The molecule has 0 amide bonds. The molecule has 0 atom stereocenters. The van der Waals surface area contributed by atoms with E-state index in [1.54, 1.807) is 0 Å². The second-order valence-corrected chi connectivity index (χ2v) is 5.00. The van der Waals surface area contributed by atoms with Gasteiger partial charge in [-0.1, -0.05) is 54.6 Å². The Hall–Kier alpha value is -2.58. The summed E-state index contributed by atoms with van der Waals surface area (Å²) in [5.74, 6) is 0. The zero-order chi connectivity index (χ0) is 13.5. The smallest absolute Gasteiger partial charge is 0.0608 e. The Morgan fingerprint density at radius 3 is 2.05 bits per heavy atom. The standard InChI is InChI=1S/C18H13NO/c20-19-14-7-10-16-13(11-14)6-9-17-15-4-2-1-3-12(15)5-8-18(16)17/h1-11,19-20H. The molecule has 4 aromatic rings. The lowest BCUT2D eigenvalue weighted by Crippen LogP contribution is -1.88. The molecule has 20 heavy (non-hydrogen) atoms. The van der Waals surface area contributed by atoms with Crippen LogP contribution < -0.4 is 5.48 Å². The van der Waals surface area contributed by atoms with E-state index in [9.17, 15) is 0 Å². The lowest BCUT2D eigenvalue weighted by molar-refractivity contribution is 0.389. The monoisotopic (exact) mass is 259 g/mol. The number of anilines is 1. The van der Waals surface area contributed by atoms with E-state index in [1.807, 2.05) is 18.2 Å². The molecule has 0 fully saturated rings. The van der Waals surface area contributed by atoms with Crippen molar-refractivity contribution in [1.29, 1.82) is 0 Å². The molecule has 0 aliphatic carbocycles. The van der Waals surface area contributed by atoms with Gasteiger partial charge in [0.15, 0.2) is 0 Å². The van der Waals surface area contributed by atoms with Crippen LogP contribution in [0.2, 0.25) is 0 Å². The van der Waals surface area contributed by atoms with Crippen molar-refractivity contribution >= 4 is 38.0 Å². The Labute approximate surface area is 116 Å². The maximum absolute atomic E-state index is 9.00. The zero-order valence-electron chi connectivity index (χ0n) is 10.8. The van der Waals surface area contributed by atoms with Crippen LogP contribution in [0, 0.1) is 0 Å². The number of benzene rings is 4. The van der Waals surface area contributed by atoms with Gasteiger partial charge in [0.05, 0.1) is 5.69 Å². The first-order valence-corrected chi connectivity index (χ1v) is 6.61. The first-order chi connectivity index (χ1) is 9.86. The van der Waals surface area contributed by atoms with Gasteiger partial charge in [0.1, 0.15) is 0 Å². The van der Waals surface area contributed by atoms with Crippen molar-refractivity contribution in [1.82, 2.24) is 0 Å². The average Bonchev–Trinajstić information content (AvgIpc) is 2.53. The van der Waals surface area contributed by atoms with Gasteiger partial charge in [0.25, 0.3) is 0 Å². The molecule has 2 N–H and O–H groups in total. The summed E-state index contributed by atoms with van der Waals surface area (Å²) >= 11 is 0. The van der Waals surface area contributed by atoms with Gasteiger partial charge in [-0.2, -0.15) is 0 Å². The molecule has 0 saturated heterocycles. The van der Waals surface area contributed by atoms with Crippen LogP contribution in [-0.2, 0) is 0 Å². The molecule has 0 aromatic heterocycles. The predicted molar refractivity (Wildman–Crippen MR) is 84.4 cm³/mol. The van der Waals surface area contributed by atoms with Crippen molar-refractivity contribution in [3.05, 3.63) is 66.7 Å². The molecule has 2 nitrogen and oxygen atoms in total.